The highest BCUT2D eigenvalue weighted by Crippen LogP contribution is 2.33. The molecule has 1 heterocycles. The molecule has 4 aromatic rings. The minimum atomic E-state index is 0.943. The Bertz CT molecular complexity index is 1070. The van der Waals surface area contributed by atoms with Gasteiger partial charge in [-0.3, -0.25) is 0 Å². The maximum Gasteiger partial charge on any atom is 0.0973 e. The summed E-state index contributed by atoms with van der Waals surface area (Å²) in [5.41, 5.74) is 9.88. The van der Waals surface area contributed by atoms with E-state index in [2.05, 4.69) is 75.4 Å². The fraction of sp³-hybridized carbons (Fsp3) is 0.167. The van der Waals surface area contributed by atoms with Crippen molar-refractivity contribution in [2.75, 3.05) is 0 Å². The van der Waals surface area contributed by atoms with Crippen molar-refractivity contribution in [3.8, 4) is 22.5 Å². The molecule has 2 nitrogen and oxygen atoms in total. The summed E-state index contributed by atoms with van der Waals surface area (Å²) in [6.07, 6.45) is 0.955. The first-order valence-electron chi connectivity index (χ1n) is 9.10. The Morgan fingerprint density at radius 3 is 1.65 bits per heavy atom. The van der Waals surface area contributed by atoms with Crippen molar-refractivity contribution in [3.63, 3.8) is 0 Å². The fourth-order valence-electron chi connectivity index (χ4n) is 3.63. The Hall–Kier alpha value is -3.00. The summed E-state index contributed by atoms with van der Waals surface area (Å²) in [6, 6.07) is 22.9. The molecule has 3 aromatic carbocycles. The van der Waals surface area contributed by atoms with Crippen molar-refractivity contribution in [2.24, 2.45) is 0 Å². The van der Waals surface area contributed by atoms with Gasteiger partial charge in [0.05, 0.1) is 22.4 Å². The summed E-state index contributed by atoms with van der Waals surface area (Å²) < 4.78 is 0. The fourth-order valence-corrected chi connectivity index (χ4v) is 3.63. The summed E-state index contributed by atoms with van der Waals surface area (Å²) in [5, 5.41) is 0. The molecule has 4 rings (SSSR count). The van der Waals surface area contributed by atoms with Gasteiger partial charge in [-0.15, -0.1) is 0 Å². The first kappa shape index (κ1) is 16.5. The average molecular weight is 338 g/mol. The van der Waals surface area contributed by atoms with Crippen LogP contribution in [0.5, 0.6) is 0 Å². The van der Waals surface area contributed by atoms with E-state index in [0.29, 0.717) is 0 Å². The van der Waals surface area contributed by atoms with Crippen LogP contribution in [0.1, 0.15) is 23.6 Å². The Labute approximate surface area is 154 Å². The van der Waals surface area contributed by atoms with Crippen molar-refractivity contribution in [3.05, 3.63) is 83.4 Å². The third-order valence-electron chi connectivity index (χ3n) is 4.91. The third kappa shape index (κ3) is 2.78. The van der Waals surface area contributed by atoms with Crippen LogP contribution >= 0.6 is 0 Å². The van der Waals surface area contributed by atoms with Crippen LogP contribution in [-0.2, 0) is 6.42 Å². The minimum Gasteiger partial charge on any atom is -0.244 e. The number of fused-ring (bicyclic) bond motifs is 1. The molecule has 0 aliphatic rings. The van der Waals surface area contributed by atoms with E-state index in [9.17, 15) is 0 Å². The molecule has 128 valence electrons. The van der Waals surface area contributed by atoms with Crippen LogP contribution in [0.3, 0.4) is 0 Å². The van der Waals surface area contributed by atoms with Gasteiger partial charge < -0.3 is 0 Å². The first-order chi connectivity index (χ1) is 12.7. The summed E-state index contributed by atoms with van der Waals surface area (Å²) in [6.45, 7) is 6.48. The molecule has 0 saturated carbocycles. The van der Waals surface area contributed by atoms with Crippen LogP contribution in [0.2, 0.25) is 0 Å². The van der Waals surface area contributed by atoms with E-state index < -0.39 is 0 Å². The highest BCUT2D eigenvalue weighted by Gasteiger charge is 2.16. The monoisotopic (exact) mass is 338 g/mol. The molecule has 0 fully saturated rings. The Morgan fingerprint density at radius 1 is 0.654 bits per heavy atom. The molecule has 0 bridgehead atoms. The van der Waals surface area contributed by atoms with Gasteiger partial charge in [-0.1, -0.05) is 73.7 Å². The number of benzene rings is 3. The number of aryl methyl sites for hydroxylation is 3. The number of hydrogen-bond acceptors (Lipinski definition) is 2. The molecule has 0 spiro atoms. The summed E-state index contributed by atoms with van der Waals surface area (Å²) in [7, 11) is 0. The van der Waals surface area contributed by atoms with E-state index in [1.165, 1.54) is 16.7 Å². The van der Waals surface area contributed by atoms with Gasteiger partial charge >= 0.3 is 0 Å². The Morgan fingerprint density at radius 2 is 1.15 bits per heavy atom. The lowest BCUT2D eigenvalue weighted by molar-refractivity contribution is 1.10. The van der Waals surface area contributed by atoms with Gasteiger partial charge in [0.25, 0.3) is 0 Å². The topological polar surface area (TPSA) is 25.8 Å². The summed E-state index contributed by atoms with van der Waals surface area (Å²) >= 11 is 0. The molecule has 2 heteroatoms. The van der Waals surface area contributed by atoms with Gasteiger partial charge in [-0.25, -0.2) is 9.97 Å². The van der Waals surface area contributed by atoms with Crippen molar-refractivity contribution >= 4 is 11.0 Å². The lowest BCUT2D eigenvalue weighted by Crippen LogP contribution is -2.01. The van der Waals surface area contributed by atoms with Gasteiger partial charge in [0.2, 0.25) is 0 Å². The zero-order valence-corrected chi connectivity index (χ0v) is 15.5. The maximum absolute atomic E-state index is 5.15. The smallest absolute Gasteiger partial charge is 0.0973 e. The lowest BCUT2D eigenvalue weighted by atomic mass is 9.98. The molecular weight excluding hydrogens is 316 g/mol. The Kier molecular flexibility index (Phi) is 4.26. The number of nitrogens with zero attached hydrogens (tertiary/aromatic N) is 2. The van der Waals surface area contributed by atoms with Crippen LogP contribution in [0.25, 0.3) is 33.5 Å². The number of rotatable bonds is 3. The van der Waals surface area contributed by atoms with Crippen molar-refractivity contribution < 1.29 is 0 Å². The molecular formula is C24H22N2. The molecule has 0 radical (unpaired) electrons. The molecule has 0 atom stereocenters. The van der Waals surface area contributed by atoms with E-state index in [-0.39, 0.29) is 0 Å². The summed E-state index contributed by atoms with van der Waals surface area (Å²) in [4.78, 5) is 10.3. The SMILES string of the molecule is CCc1c(C)cc(C)c2nc(-c3ccccc3)c(-c3ccccc3)nc12. The second-order valence-corrected chi connectivity index (χ2v) is 6.69. The van der Waals surface area contributed by atoms with Gasteiger partial charge in [0, 0.05) is 11.1 Å². The van der Waals surface area contributed by atoms with Crippen LogP contribution in [0.15, 0.2) is 66.7 Å². The molecule has 0 aliphatic carbocycles. The van der Waals surface area contributed by atoms with Crippen LogP contribution in [-0.4, -0.2) is 9.97 Å². The Balaban J connectivity index is 2.12. The standard InChI is InChI=1S/C24H22N2/c1-4-20-16(2)15-17(3)21-24(20)26-23(19-13-9-6-10-14-19)22(25-21)18-11-7-5-8-12-18/h5-15H,4H2,1-3H3. The summed E-state index contributed by atoms with van der Waals surface area (Å²) in [5.74, 6) is 0. The largest absolute Gasteiger partial charge is 0.244 e. The second kappa shape index (κ2) is 6.72. The predicted octanol–water partition coefficient (Wildman–Crippen LogP) is 6.14. The zero-order chi connectivity index (χ0) is 18.1. The average Bonchev–Trinajstić information content (AvgIpc) is 2.69. The second-order valence-electron chi connectivity index (χ2n) is 6.69. The minimum absolute atomic E-state index is 0.943. The van der Waals surface area contributed by atoms with Crippen LogP contribution in [0.4, 0.5) is 0 Å². The lowest BCUT2D eigenvalue weighted by Gasteiger charge is -2.15. The van der Waals surface area contributed by atoms with Gasteiger partial charge in [-0.05, 0) is 37.0 Å². The van der Waals surface area contributed by atoms with E-state index in [1.54, 1.807) is 0 Å². The third-order valence-corrected chi connectivity index (χ3v) is 4.91. The van der Waals surface area contributed by atoms with Gasteiger partial charge in [0.15, 0.2) is 0 Å². The quantitative estimate of drug-likeness (QED) is 0.448. The maximum atomic E-state index is 5.15. The van der Waals surface area contributed by atoms with Gasteiger partial charge in [-0.2, -0.15) is 0 Å². The molecule has 26 heavy (non-hydrogen) atoms. The highest BCUT2D eigenvalue weighted by molar-refractivity contribution is 5.90. The number of aromatic nitrogens is 2. The molecule has 0 aliphatic heterocycles. The van der Waals surface area contributed by atoms with E-state index in [0.717, 1.165) is 40.0 Å². The van der Waals surface area contributed by atoms with Crippen molar-refractivity contribution in [1.82, 2.24) is 9.97 Å². The van der Waals surface area contributed by atoms with Crippen molar-refractivity contribution in [1.29, 1.82) is 0 Å². The van der Waals surface area contributed by atoms with Crippen LogP contribution in [0, 0.1) is 13.8 Å². The number of hydrogen-bond donors (Lipinski definition) is 0. The van der Waals surface area contributed by atoms with E-state index in [4.69, 9.17) is 9.97 Å². The van der Waals surface area contributed by atoms with Gasteiger partial charge in [0.1, 0.15) is 0 Å². The molecule has 0 N–H and O–H groups in total. The van der Waals surface area contributed by atoms with Crippen LogP contribution < -0.4 is 0 Å². The van der Waals surface area contributed by atoms with Crippen molar-refractivity contribution in [2.45, 2.75) is 27.2 Å². The molecule has 0 unspecified atom stereocenters. The normalized spacial score (nSPS) is 11.0. The highest BCUT2D eigenvalue weighted by atomic mass is 14.8. The first-order valence-corrected chi connectivity index (χ1v) is 9.10. The predicted molar refractivity (Wildman–Crippen MR) is 109 cm³/mol. The molecule has 0 saturated heterocycles. The zero-order valence-electron chi connectivity index (χ0n) is 15.5. The van der Waals surface area contributed by atoms with E-state index in [1.807, 2.05) is 12.1 Å². The molecule has 1 aromatic heterocycles. The van der Waals surface area contributed by atoms with E-state index >= 15 is 0 Å². The molecule has 0 amide bonds.